The van der Waals surface area contributed by atoms with Crippen LogP contribution in [0.4, 0.5) is 0 Å². The summed E-state index contributed by atoms with van der Waals surface area (Å²) in [6.45, 7) is 6.44. The standard InChI is InChI=1S/C13H19NO4/c1-8-4-12(18-10(8)3)13(16)14-5-11(6-15)17-7-9(14)2/h4,9,11,15H,5-7H2,1-3H3. The van der Waals surface area contributed by atoms with E-state index in [1.54, 1.807) is 11.0 Å². The molecule has 1 aromatic rings. The lowest BCUT2D eigenvalue weighted by atomic mass is 10.2. The van der Waals surface area contributed by atoms with Gasteiger partial charge in [0.15, 0.2) is 5.76 Å². The Labute approximate surface area is 106 Å². The molecular formula is C13H19NO4. The fourth-order valence-electron chi connectivity index (χ4n) is 2.03. The molecule has 0 bridgehead atoms. The normalized spacial score (nSPS) is 24.3. The number of ether oxygens (including phenoxy) is 1. The lowest BCUT2D eigenvalue weighted by Gasteiger charge is -2.36. The molecule has 0 aliphatic carbocycles. The Morgan fingerprint density at radius 1 is 1.56 bits per heavy atom. The predicted molar refractivity (Wildman–Crippen MR) is 65.5 cm³/mol. The van der Waals surface area contributed by atoms with E-state index in [9.17, 15) is 4.79 Å². The Kier molecular flexibility index (Phi) is 3.73. The van der Waals surface area contributed by atoms with E-state index in [0.29, 0.717) is 18.9 Å². The number of aliphatic hydroxyl groups is 1. The maximum Gasteiger partial charge on any atom is 0.289 e. The van der Waals surface area contributed by atoms with Crippen LogP contribution in [-0.4, -0.2) is 47.8 Å². The first-order chi connectivity index (χ1) is 8.52. The van der Waals surface area contributed by atoms with Gasteiger partial charge in [-0.15, -0.1) is 0 Å². The molecule has 5 nitrogen and oxygen atoms in total. The lowest BCUT2D eigenvalue weighted by molar-refractivity contribution is -0.0674. The summed E-state index contributed by atoms with van der Waals surface area (Å²) in [7, 11) is 0. The van der Waals surface area contributed by atoms with Crippen LogP contribution >= 0.6 is 0 Å². The van der Waals surface area contributed by atoms with Gasteiger partial charge in [-0.05, 0) is 32.4 Å². The van der Waals surface area contributed by atoms with E-state index in [0.717, 1.165) is 11.3 Å². The molecule has 1 aliphatic heterocycles. The minimum Gasteiger partial charge on any atom is -0.456 e. The van der Waals surface area contributed by atoms with E-state index in [1.807, 2.05) is 20.8 Å². The minimum absolute atomic E-state index is 0.00832. The highest BCUT2D eigenvalue weighted by Crippen LogP contribution is 2.19. The predicted octanol–water partition coefficient (Wildman–Crippen LogP) is 1.12. The number of hydrogen-bond acceptors (Lipinski definition) is 4. The van der Waals surface area contributed by atoms with Crippen molar-refractivity contribution < 1.29 is 19.1 Å². The van der Waals surface area contributed by atoms with Crippen molar-refractivity contribution in [3.8, 4) is 0 Å². The first kappa shape index (κ1) is 13.1. The molecule has 1 amide bonds. The van der Waals surface area contributed by atoms with E-state index in [1.165, 1.54) is 0 Å². The highest BCUT2D eigenvalue weighted by molar-refractivity contribution is 5.92. The molecular weight excluding hydrogens is 234 g/mol. The molecule has 1 saturated heterocycles. The number of amides is 1. The molecule has 1 fully saturated rings. The van der Waals surface area contributed by atoms with E-state index >= 15 is 0 Å². The first-order valence-corrected chi connectivity index (χ1v) is 6.13. The largest absolute Gasteiger partial charge is 0.456 e. The smallest absolute Gasteiger partial charge is 0.289 e. The third-order valence-electron chi connectivity index (χ3n) is 3.35. The van der Waals surface area contributed by atoms with Crippen LogP contribution in [0.15, 0.2) is 10.5 Å². The fourth-order valence-corrected chi connectivity index (χ4v) is 2.03. The second kappa shape index (κ2) is 5.12. The number of morpholine rings is 1. The van der Waals surface area contributed by atoms with Crippen LogP contribution in [0.2, 0.25) is 0 Å². The van der Waals surface area contributed by atoms with Crippen LogP contribution in [0.25, 0.3) is 0 Å². The maximum absolute atomic E-state index is 12.3. The van der Waals surface area contributed by atoms with Gasteiger partial charge in [-0.3, -0.25) is 4.79 Å². The molecule has 0 aromatic carbocycles. The zero-order valence-corrected chi connectivity index (χ0v) is 11.0. The summed E-state index contributed by atoms with van der Waals surface area (Å²) in [5.41, 5.74) is 0.970. The summed E-state index contributed by atoms with van der Waals surface area (Å²) in [6.07, 6.45) is -0.303. The number of nitrogens with zero attached hydrogens (tertiary/aromatic N) is 1. The summed E-state index contributed by atoms with van der Waals surface area (Å²) in [6, 6.07) is 1.75. The van der Waals surface area contributed by atoms with Crippen molar-refractivity contribution in [1.29, 1.82) is 0 Å². The number of aliphatic hydroxyl groups excluding tert-OH is 1. The molecule has 18 heavy (non-hydrogen) atoms. The van der Waals surface area contributed by atoms with E-state index < -0.39 is 0 Å². The van der Waals surface area contributed by atoms with Gasteiger partial charge < -0.3 is 19.2 Å². The molecule has 1 aliphatic rings. The van der Waals surface area contributed by atoms with Crippen molar-refractivity contribution in [2.24, 2.45) is 0 Å². The molecule has 1 aromatic heterocycles. The summed E-state index contributed by atoms with van der Waals surface area (Å²) in [5, 5.41) is 9.11. The van der Waals surface area contributed by atoms with Crippen molar-refractivity contribution in [3.63, 3.8) is 0 Å². The molecule has 100 valence electrons. The van der Waals surface area contributed by atoms with Gasteiger partial charge in [-0.25, -0.2) is 0 Å². The zero-order valence-electron chi connectivity index (χ0n) is 11.0. The molecule has 0 saturated carbocycles. The lowest BCUT2D eigenvalue weighted by Crippen LogP contribution is -2.51. The quantitative estimate of drug-likeness (QED) is 0.858. The van der Waals surface area contributed by atoms with Crippen LogP contribution in [-0.2, 0) is 4.74 Å². The zero-order chi connectivity index (χ0) is 13.3. The van der Waals surface area contributed by atoms with E-state index in [2.05, 4.69) is 0 Å². The SMILES string of the molecule is Cc1cc(C(=O)N2CC(CO)OCC2C)oc1C. The number of rotatable bonds is 2. The number of aryl methyl sites for hydroxylation is 2. The second-order valence-electron chi connectivity index (χ2n) is 4.79. The van der Waals surface area contributed by atoms with Gasteiger partial charge >= 0.3 is 0 Å². The number of furan rings is 1. The van der Waals surface area contributed by atoms with Crippen molar-refractivity contribution >= 4 is 5.91 Å². The van der Waals surface area contributed by atoms with Crippen LogP contribution in [0.1, 0.15) is 28.8 Å². The molecule has 5 heteroatoms. The molecule has 1 N–H and O–H groups in total. The van der Waals surface area contributed by atoms with E-state index in [-0.39, 0.29) is 24.7 Å². The summed E-state index contributed by atoms with van der Waals surface area (Å²) < 4.78 is 10.9. The Morgan fingerprint density at radius 2 is 2.28 bits per heavy atom. The van der Waals surface area contributed by atoms with Crippen molar-refractivity contribution in [2.45, 2.75) is 32.9 Å². The maximum atomic E-state index is 12.3. The van der Waals surface area contributed by atoms with Gasteiger partial charge in [0.25, 0.3) is 5.91 Å². The third kappa shape index (κ3) is 2.42. The molecule has 2 unspecified atom stereocenters. The average Bonchev–Trinajstić information content (AvgIpc) is 2.69. The van der Waals surface area contributed by atoms with Crippen molar-refractivity contribution in [1.82, 2.24) is 4.90 Å². The second-order valence-corrected chi connectivity index (χ2v) is 4.79. The van der Waals surface area contributed by atoms with Gasteiger partial charge in [0.05, 0.1) is 25.4 Å². The van der Waals surface area contributed by atoms with Crippen LogP contribution in [0.5, 0.6) is 0 Å². The van der Waals surface area contributed by atoms with E-state index in [4.69, 9.17) is 14.3 Å². The van der Waals surface area contributed by atoms with Gasteiger partial charge in [-0.1, -0.05) is 0 Å². The third-order valence-corrected chi connectivity index (χ3v) is 3.35. The molecule has 0 spiro atoms. The van der Waals surface area contributed by atoms with Crippen molar-refractivity contribution in [2.75, 3.05) is 19.8 Å². The summed E-state index contributed by atoms with van der Waals surface area (Å²) in [5.74, 6) is 0.980. The van der Waals surface area contributed by atoms with Crippen LogP contribution in [0, 0.1) is 13.8 Å². The Hall–Kier alpha value is -1.33. The van der Waals surface area contributed by atoms with Crippen LogP contribution < -0.4 is 0 Å². The fraction of sp³-hybridized carbons (Fsp3) is 0.615. The summed E-state index contributed by atoms with van der Waals surface area (Å²) >= 11 is 0. The molecule has 0 radical (unpaired) electrons. The topological polar surface area (TPSA) is 62.9 Å². The average molecular weight is 253 g/mol. The highest BCUT2D eigenvalue weighted by Gasteiger charge is 2.31. The Bertz CT molecular complexity index is 421. The first-order valence-electron chi connectivity index (χ1n) is 6.13. The molecule has 2 heterocycles. The Balaban J connectivity index is 2.16. The van der Waals surface area contributed by atoms with Gasteiger partial charge in [-0.2, -0.15) is 0 Å². The van der Waals surface area contributed by atoms with Gasteiger partial charge in [0, 0.05) is 6.54 Å². The highest BCUT2D eigenvalue weighted by atomic mass is 16.5. The molecule has 2 atom stereocenters. The van der Waals surface area contributed by atoms with Gasteiger partial charge in [0.2, 0.25) is 0 Å². The van der Waals surface area contributed by atoms with Crippen molar-refractivity contribution in [3.05, 3.63) is 23.2 Å². The summed E-state index contributed by atoms with van der Waals surface area (Å²) in [4.78, 5) is 14.0. The molecule has 2 rings (SSSR count). The van der Waals surface area contributed by atoms with Gasteiger partial charge in [0.1, 0.15) is 5.76 Å². The number of carbonyl (C=O) groups excluding carboxylic acids is 1. The number of hydrogen-bond donors (Lipinski definition) is 1. The minimum atomic E-state index is -0.303. The Morgan fingerprint density at radius 3 is 2.83 bits per heavy atom. The van der Waals surface area contributed by atoms with Crippen LogP contribution in [0.3, 0.4) is 0 Å². The monoisotopic (exact) mass is 253 g/mol. The number of carbonyl (C=O) groups is 1.